The van der Waals surface area contributed by atoms with Crippen LogP contribution in [0.15, 0.2) is 97.3 Å². The first kappa shape index (κ1) is 25.7. The topological polar surface area (TPSA) is 35.0 Å². The van der Waals surface area contributed by atoms with Crippen LogP contribution in [0.3, 0.4) is 0 Å². The van der Waals surface area contributed by atoms with Gasteiger partial charge in [-0.2, -0.15) is 0 Å². The SMILES string of the molecule is Cc1cc(Oc2[c-]c(-c3nccc4c3[Se]c3cccc5cccc-4c35)cc(C)c2)[c-]c(-c2ccccn2)c1.[Pt+2]. The minimum atomic E-state index is 0. The third kappa shape index (κ3) is 4.85. The van der Waals surface area contributed by atoms with Crippen LogP contribution in [0.1, 0.15) is 11.1 Å². The summed E-state index contributed by atoms with van der Waals surface area (Å²) < 4.78 is 9.04. The van der Waals surface area contributed by atoms with Crippen LogP contribution in [-0.2, 0) is 21.1 Å². The number of hydrogen-bond acceptors (Lipinski definition) is 3. The van der Waals surface area contributed by atoms with E-state index >= 15 is 0 Å². The number of pyridine rings is 2. The van der Waals surface area contributed by atoms with Gasteiger partial charge in [0.05, 0.1) is 0 Å². The Kier molecular flexibility index (Phi) is 6.95. The Morgan fingerprint density at radius 2 is 1.44 bits per heavy atom. The molecule has 3 nitrogen and oxygen atoms in total. The molecule has 1 aliphatic heterocycles. The smallest absolute Gasteiger partial charge is 2.00 e. The number of fused-ring (bicyclic) bond motifs is 2. The minimum absolute atomic E-state index is 0. The van der Waals surface area contributed by atoms with Gasteiger partial charge in [-0.05, 0) is 6.07 Å². The van der Waals surface area contributed by atoms with E-state index in [9.17, 15) is 0 Å². The summed E-state index contributed by atoms with van der Waals surface area (Å²) in [6.45, 7) is 4.14. The van der Waals surface area contributed by atoms with Crippen LogP contribution >= 0.6 is 0 Å². The third-order valence-corrected chi connectivity index (χ3v) is 9.14. The number of aromatic nitrogens is 2. The Balaban J connectivity index is 0.00000277. The molecular weight excluding hydrogens is 726 g/mol. The molecule has 0 saturated carbocycles. The Morgan fingerprint density at radius 3 is 2.21 bits per heavy atom. The van der Waals surface area contributed by atoms with E-state index in [-0.39, 0.29) is 36.0 Å². The maximum Gasteiger partial charge on any atom is 2.00 e. The van der Waals surface area contributed by atoms with Crippen molar-refractivity contribution in [2.75, 3.05) is 0 Å². The average Bonchev–Trinajstić information content (AvgIpc) is 2.93. The van der Waals surface area contributed by atoms with E-state index in [2.05, 4.69) is 85.6 Å². The van der Waals surface area contributed by atoms with Crippen molar-refractivity contribution in [2.45, 2.75) is 13.8 Å². The first-order valence-electron chi connectivity index (χ1n) is 12.5. The van der Waals surface area contributed by atoms with Gasteiger partial charge in [0.1, 0.15) is 0 Å². The van der Waals surface area contributed by atoms with Crippen molar-refractivity contribution in [1.29, 1.82) is 0 Å². The van der Waals surface area contributed by atoms with Gasteiger partial charge in [-0.3, -0.25) is 0 Å². The molecule has 0 bridgehead atoms. The Labute approximate surface area is 248 Å². The molecule has 3 heterocycles. The molecule has 0 aliphatic carbocycles. The fourth-order valence-corrected chi connectivity index (χ4v) is 7.67. The second-order valence-electron chi connectivity index (χ2n) is 9.49. The van der Waals surface area contributed by atoms with E-state index in [1.165, 1.54) is 30.8 Å². The van der Waals surface area contributed by atoms with Gasteiger partial charge in [0.2, 0.25) is 0 Å². The zero-order valence-electron chi connectivity index (χ0n) is 21.3. The summed E-state index contributed by atoms with van der Waals surface area (Å²) in [5.74, 6) is 1.30. The normalized spacial score (nSPS) is 11.5. The van der Waals surface area contributed by atoms with E-state index < -0.39 is 0 Å². The molecule has 0 atom stereocenters. The molecule has 39 heavy (non-hydrogen) atoms. The van der Waals surface area contributed by atoms with Crippen molar-refractivity contribution in [1.82, 2.24) is 9.97 Å². The summed E-state index contributed by atoms with van der Waals surface area (Å²) in [7, 11) is 0. The van der Waals surface area contributed by atoms with Gasteiger partial charge in [0.25, 0.3) is 0 Å². The maximum atomic E-state index is 6.35. The van der Waals surface area contributed by atoms with Crippen molar-refractivity contribution < 1.29 is 25.8 Å². The van der Waals surface area contributed by atoms with E-state index in [1.54, 1.807) is 6.20 Å². The monoisotopic (exact) mass is 749 g/mol. The predicted molar refractivity (Wildman–Crippen MR) is 155 cm³/mol. The van der Waals surface area contributed by atoms with Crippen LogP contribution in [0.4, 0.5) is 0 Å². The van der Waals surface area contributed by atoms with E-state index in [1.807, 2.05) is 36.5 Å². The fourth-order valence-electron chi connectivity index (χ4n) is 5.06. The van der Waals surface area contributed by atoms with Crippen LogP contribution in [0.5, 0.6) is 11.5 Å². The second kappa shape index (κ2) is 10.5. The number of nitrogens with zero attached hydrogens (tertiary/aromatic N) is 2. The summed E-state index contributed by atoms with van der Waals surface area (Å²) in [4.78, 5) is 9.34. The summed E-state index contributed by atoms with van der Waals surface area (Å²) in [6.07, 6.45) is 3.71. The number of ether oxygens (including phenoxy) is 1. The molecular formula is C34H22N2OPtSe. The average molecular weight is 749 g/mol. The molecule has 5 heteroatoms. The third-order valence-electron chi connectivity index (χ3n) is 6.67. The molecule has 0 fully saturated rings. The first-order valence-corrected chi connectivity index (χ1v) is 14.2. The van der Waals surface area contributed by atoms with Crippen LogP contribution in [0, 0.1) is 26.0 Å². The van der Waals surface area contributed by atoms with Crippen LogP contribution in [0.25, 0.3) is 44.4 Å². The molecule has 4 aromatic carbocycles. The van der Waals surface area contributed by atoms with Gasteiger partial charge < -0.3 is 0 Å². The summed E-state index contributed by atoms with van der Waals surface area (Å²) >= 11 is 0.132. The molecule has 6 aromatic rings. The Morgan fingerprint density at radius 1 is 0.692 bits per heavy atom. The molecule has 0 saturated heterocycles. The molecule has 0 spiro atoms. The van der Waals surface area contributed by atoms with Crippen molar-refractivity contribution in [2.24, 2.45) is 0 Å². The van der Waals surface area contributed by atoms with E-state index in [4.69, 9.17) is 9.72 Å². The number of rotatable bonds is 4. The van der Waals surface area contributed by atoms with Gasteiger partial charge in [-0.1, -0.05) is 0 Å². The van der Waals surface area contributed by atoms with Crippen LogP contribution in [-0.4, -0.2) is 24.9 Å². The molecule has 0 N–H and O–H groups in total. The standard InChI is InChI=1S/C34H22N2OSe.Pt/c1-21-15-24(30-10-3-4-13-35-30)19-26(17-21)37-27-18-22(2)16-25(20-27)33-34-29(12-14-36-33)28-9-5-7-23-8-6-11-31(38-34)32(23)28;/h3-18H,1-2H3;/q-2;+2. The van der Waals surface area contributed by atoms with E-state index in [0.29, 0.717) is 11.5 Å². The van der Waals surface area contributed by atoms with Crippen molar-refractivity contribution in [3.05, 3.63) is 121 Å². The molecule has 1 aliphatic rings. The number of aryl methyl sites for hydroxylation is 2. The predicted octanol–water partition coefficient (Wildman–Crippen LogP) is 6.61. The minimum Gasteiger partial charge on any atom is 2.00 e. The van der Waals surface area contributed by atoms with Gasteiger partial charge in [0, 0.05) is 0 Å². The summed E-state index contributed by atoms with van der Waals surface area (Å²) in [5.41, 5.74) is 8.43. The zero-order valence-corrected chi connectivity index (χ0v) is 25.3. The zero-order chi connectivity index (χ0) is 25.6. The van der Waals surface area contributed by atoms with Crippen molar-refractivity contribution in [3.63, 3.8) is 0 Å². The van der Waals surface area contributed by atoms with Crippen molar-refractivity contribution in [3.8, 4) is 45.1 Å². The Bertz CT molecular complexity index is 1850. The second-order valence-corrected chi connectivity index (χ2v) is 11.7. The Hall–Kier alpha value is -3.55. The fraction of sp³-hybridized carbons (Fsp3) is 0.0588. The summed E-state index contributed by atoms with van der Waals surface area (Å²) in [6, 6.07) is 36.3. The van der Waals surface area contributed by atoms with Gasteiger partial charge in [0.15, 0.2) is 0 Å². The molecule has 2 aromatic heterocycles. The quantitative estimate of drug-likeness (QED) is 0.150. The van der Waals surface area contributed by atoms with Crippen LogP contribution in [0.2, 0.25) is 0 Å². The molecule has 0 amide bonds. The number of hydrogen-bond donors (Lipinski definition) is 0. The van der Waals surface area contributed by atoms with Crippen LogP contribution < -0.4 is 13.7 Å². The van der Waals surface area contributed by atoms with Gasteiger partial charge >= 0.3 is 244 Å². The van der Waals surface area contributed by atoms with E-state index in [0.717, 1.165) is 33.6 Å². The molecule has 0 radical (unpaired) electrons. The first-order chi connectivity index (χ1) is 18.6. The number of benzene rings is 4. The molecule has 7 rings (SSSR count). The van der Waals surface area contributed by atoms with Gasteiger partial charge in [-0.15, -0.1) is 0 Å². The molecule has 0 unspecified atom stereocenters. The summed E-state index contributed by atoms with van der Waals surface area (Å²) in [5, 5.41) is 2.67. The molecule has 190 valence electrons. The maximum absolute atomic E-state index is 6.35. The van der Waals surface area contributed by atoms with Crippen molar-refractivity contribution >= 4 is 34.7 Å². The van der Waals surface area contributed by atoms with Gasteiger partial charge in [-0.25, -0.2) is 0 Å². The largest absolute Gasteiger partial charge is 2.00 e.